The molecule has 2 aromatic carbocycles. The van der Waals surface area contributed by atoms with Gasteiger partial charge < -0.3 is 10.2 Å². The molecule has 0 spiro atoms. The third kappa shape index (κ3) is 4.49. The van der Waals surface area contributed by atoms with Crippen LogP contribution >= 0.6 is 23.4 Å². The highest BCUT2D eigenvalue weighted by molar-refractivity contribution is 7.99. The van der Waals surface area contributed by atoms with Gasteiger partial charge in [0.15, 0.2) is 0 Å². The molecule has 0 radical (unpaired) electrons. The molecule has 1 fully saturated rings. The van der Waals surface area contributed by atoms with Crippen LogP contribution in [0.25, 0.3) is 0 Å². The van der Waals surface area contributed by atoms with Gasteiger partial charge in [0.05, 0.1) is 5.69 Å². The Labute approximate surface area is 179 Å². The van der Waals surface area contributed by atoms with Gasteiger partial charge in [0.25, 0.3) is 5.91 Å². The zero-order chi connectivity index (χ0) is 20.4. The fourth-order valence-corrected chi connectivity index (χ4v) is 4.79. The van der Waals surface area contributed by atoms with Crippen LogP contribution in [0.1, 0.15) is 42.1 Å². The van der Waals surface area contributed by atoms with Gasteiger partial charge in [-0.3, -0.25) is 14.6 Å². The molecule has 1 saturated heterocycles. The third-order valence-electron chi connectivity index (χ3n) is 5.12. The van der Waals surface area contributed by atoms with E-state index in [0.717, 1.165) is 46.1 Å². The molecule has 0 atom stereocenters. The van der Waals surface area contributed by atoms with Crippen LogP contribution in [0.15, 0.2) is 51.2 Å². The van der Waals surface area contributed by atoms with Gasteiger partial charge >= 0.3 is 0 Å². The van der Waals surface area contributed by atoms with Crippen molar-refractivity contribution in [1.82, 2.24) is 10.2 Å². The van der Waals surface area contributed by atoms with Crippen molar-refractivity contribution < 1.29 is 9.59 Å². The maximum absolute atomic E-state index is 12.6. The van der Waals surface area contributed by atoms with Gasteiger partial charge in [-0.25, -0.2) is 0 Å². The van der Waals surface area contributed by atoms with Crippen molar-refractivity contribution in [3.63, 3.8) is 0 Å². The zero-order valence-corrected chi connectivity index (χ0v) is 17.8. The van der Waals surface area contributed by atoms with E-state index in [1.807, 2.05) is 48.2 Å². The van der Waals surface area contributed by atoms with Crippen LogP contribution in [-0.2, 0) is 4.79 Å². The van der Waals surface area contributed by atoms with Crippen LogP contribution in [0.4, 0.5) is 5.69 Å². The number of nitrogens with one attached hydrogen (secondary N) is 1. The quantitative estimate of drug-likeness (QED) is 0.704. The summed E-state index contributed by atoms with van der Waals surface area (Å²) in [6, 6.07) is 11.4. The van der Waals surface area contributed by atoms with E-state index in [1.54, 1.807) is 11.8 Å². The fourth-order valence-electron chi connectivity index (χ4n) is 3.58. The Morgan fingerprint density at radius 1 is 1.24 bits per heavy atom. The van der Waals surface area contributed by atoms with Crippen molar-refractivity contribution in [3.05, 3.63) is 52.5 Å². The molecule has 0 aromatic heterocycles. The van der Waals surface area contributed by atoms with Crippen LogP contribution in [0, 0.1) is 0 Å². The lowest BCUT2D eigenvalue weighted by Crippen LogP contribution is -2.30. The van der Waals surface area contributed by atoms with Crippen LogP contribution in [0.2, 0.25) is 5.02 Å². The number of halogens is 1. The second kappa shape index (κ2) is 8.59. The predicted molar refractivity (Wildman–Crippen MR) is 117 cm³/mol. The van der Waals surface area contributed by atoms with Crippen molar-refractivity contribution >= 4 is 46.6 Å². The Morgan fingerprint density at radius 3 is 2.86 bits per heavy atom. The summed E-state index contributed by atoms with van der Waals surface area (Å²) < 4.78 is 0. The lowest BCUT2D eigenvalue weighted by Gasteiger charge is -2.15. The third-order valence-corrected chi connectivity index (χ3v) is 6.50. The van der Waals surface area contributed by atoms with E-state index >= 15 is 0 Å². The van der Waals surface area contributed by atoms with Crippen molar-refractivity contribution in [2.75, 3.05) is 19.6 Å². The summed E-state index contributed by atoms with van der Waals surface area (Å²) in [7, 11) is 0. The van der Waals surface area contributed by atoms with Crippen molar-refractivity contribution in [2.45, 2.75) is 36.0 Å². The Hall–Kier alpha value is -2.31. The van der Waals surface area contributed by atoms with Gasteiger partial charge in [-0.15, -0.1) is 0 Å². The Kier molecular flexibility index (Phi) is 5.92. The number of benzene rings is 2. The number of carbonyl (C=O) groups excluding carboxylic acids is 2. The average Bonchev–Trinajstić information content (AvgIpc) is 3.06. The SMILES string of the molecule is CC1=Nc2cc(C(=O)NCCCN3CCCC3=O)ccc2Sc2ccc(Cl)cc21. The number of rotatable bonds is 5. The average molecular weight is 428 g/mol. The first-order valence-electron chi connectivity index (χ1n) is 9.74. The molecule has 2 aliphatic rings. The van der Waals surface area contributed by atoms with Crippen molar-refractivity contribution in [3.8, 4) is 0 Å². The standard InChI is InChI=1S/C22H22ClN3O2S/c1-14-17-13-16(23)6-8-19(17)29-20-7-5-15(12-18(20)25-14)22(28)24-9-3-11-26-10-2-4-21(26)27/h5-8,12-13H,2-4,9-11H2,1H3,(H,24,28). The number of nitrogens with zero attached hydrogens (tertiary/aromatic N) is 2. The Bertz CT molecular complexity index is 1010. The van der Waals surface area contributed by atoms with E-state index in [1.165, 1.54) is 0 Å². The van der Waals surface area contributed by atoms with Gasteiger partial charge in [0, 0.05) is 57.7 Å². The number of hydrogen-bond acceptors (Lipinski definition) is 4. The summed E-state index contributed by atoms with van der Waals surface area (Å²) in [5, 5.41) is 3.63. The molecule has 29 heavy (non-hydrogen) atoms. The normalized spacial score (nSPS) is 15.4. The van der Waals surface area contributed by atoms with Crippen molar-refractivity contribution in [1.29, 1.82) is 0 Å². The minimum atomic E-state index is -0.122. The molecule has 1 N–H and O–H groups in total. The summed E-state index contributed by atoms with van der Waals surface area (Å²) >= 11 is 7.77. The lowest BCUT2D eigenvalue weighted by atomic mass is 10.1. The first kappa shape index (κ1) is 20.0. The topological polar surface area (TPSA) is 61.8 Å². The highest BCUT2D eigenvalue weighted by Gasteiger charge is 2.20. The number of hydrogen-bond donors (Lipinski definition) is 1. The van der Waals surface area contributed by atoms with E-state index in [-0.39, 0.29) is 11.8 Å². The van der Waals surface area contributed by atoms with Crippen LogP contribution < -0.4 is 5.32 Å². The molecule has 0 saturated carbocycles. The number of fused-ring (bicyclic) bond motifs is 2. The smallest absolute Gasteiger partial charge is 0.251 e. The molecular formula is C22H22ClN3O2S. The molecule has 150 valence electrons. The maximum atomic E-state index is 12.6. The number of carbonyl (C=O) groups is 2. The maximum Gasteiger partial charge on any atom is 0.251 e. The van der Waals surface area contributed by atoms with E-state index in [0.29, 0.717) is 30.1 Å². The van der Waals surface area contributed by atoms with E-state index in [4.69, 9.17) is 16.6 Å². The molecule has 5 nitrogen and oxygen atoms in total. The van der Waals surface area contributed by atoms with E-state index < -0.39 is 0 Å². The Balaban J connectivity index is 1.43. The summed E-state index contributed by atoms with van der Waals surface area (Å²) in [6.45, 7) is 4.03. The fraction of sp³-hybridized carbons (Fsp3) is 0.318. The van der Waals surface area contributed by atoms with Crippen molar-refractivity contribution in [2.24, 2.45) is 4.99 Å². The van der Waals surface area contributed by atoms with Crippen LogP contribution in [0.3, 0.4) is 0 Å². The molecule has 4 rings (SSSR count). The molecule has 2 amide bonds. The first-order valence-corrected chi connectivity index (χ1v) is 10.9. The summed E-state index contributed by atoms with van der Waals surface area (Å²) in [5.41, 5.74) is 3.26. The molecule has 2 aliphatic heterocycles. The van der Waals surface area contributed by atoms with Gasteiger partial charge in [-0.1, -0.05) is 23.4 Å². The van der Waals surface area contributed by atoms with Gasteiger partial charge in [-0.05, 0) is 56.2 Å². The second-order valence-corrected chi connectivity index (χ2v) is 8.74. The highest BCUT2D eigenvalue weighted by atomic mass is 35.5. The molecular weight excluding hydrogens is 406 g/mol. The molecule has 0 aliphatic carbocycles. The molecule has 0 bridgehead atoms. The number of likely N-dealkylation sites (tertiary alicyclic amines) is 1. The number of amides is 2. The largest absolute Gasteiger partial charge is 0.352 e. The minimum Gasteiger partial charge on any atom is -0.352 e. The first-order chi connectivity index (χ1) is 14.0. The monoisotopic (exact) mass is 427 g/mol. The zero-order valence-electron chi connectivity index (χ0n) is 16.2. The second-order valence-electron chi connectivity index (χ2n) is 7.22. The highest BCUT2D eigenvalue weighted by Crippen LogP contribution is 2.41. The minimum absolute atomic E-state index is 0.122. The van der Waals surface area contributed by atoms with E-state index in [2.05, 4.69) is 5.32 Å². The summed E-state index contributed by atoms with van der Waals surface area (Å²) in [5.74, 6) is 0.0956. The predicted octanol–water partition coefficient (Wildman–Crippen LogP) is 4.69. The molecule has 7 heteroatoms. The lowest BCUT2D eigenvalue weighted by molar-refractivity contribution is -0.127. The van der Waals surface area contributed by atoms with Crippen LogP contribution in [0.5, 0.6) is 0 Å². The summed E-state index contributed by atoms with van der Waals surface area (Å²) in [6.07, 6.45) is 2.34. The van der Waals surface area contributed by atoms with Gasteiger partial charge in [-0.2, -0.15) is 0 Å². The Morgan fingerprint density at radius 2 is 2.07 bits per heavy atom. The molecule has 2 aromatic rings. The molecule has 2 heterocycles. The van der Waals surface area contributed by atoms with E-state index in [9.17, 15) is 9.59 Å². The summed E-state index contributed by atoms with van der Waals surface area (Å²) in [4.78, 5) is 32.9. The number of aliphatic imine (C=N–C) groups is 1. The van der Waals surface area contributed by atoms with Gasteiger partial charge in [0.2, 0.25) is 5.91 Å². The van der Waals surface area contributed by atoms with Gasteiger partial charge in [0.1, 0.15) is 0 Å². The molecule has 0 unspecified atom stereocenters. The van der Waals surface area contributed by atoms with Crippen LogP contribution in [-0.4, -0.2) is 42.1 Å².